The molecule has 1 aromatic rings. The zero-order valence-electron chi connectivity index (χ0n) is 11.7. The van der Waals surface area contributed by atoms with E-state index in [1.54, 1.807) is 11.3 Å². The van der Waals surface area contributed by atoms with Gasteiger partial charge in [0.2, 0.25) is 5.91 Å². The van der Waals surface area contributed by atoms with Crippen molar-refractivity contribution < 1.29 is 4.79 Å². The van der Waals surface area contributed by atoms with Crippen molar-refractivity contribution in [3.63, 3.8) is 0 Å². The van der Waals surface area contributed by atoms with Gasteiger partial charge < -0.3 is 11.1 Å². The number of hydrogen-bond acceptors (Lipinski definition) is 3. The molecule has 102 valence electrons. The Hall–Kier alpha value is -0.870. The van der Waals surface area contributed by atoms with Crippen molar-refractivity contribution in [1.82, 2.24) is 5.32 Å². The third kappa shape index (κ3) is 4.42. The first-order chi connectivity index (χ1) is 8.27. The second kappa shape index (κ2) is 5.85. The predicted octanol–water partition coefficient (Wildman–Crippen LogP) is 2.52. The summed E-state index contributed by atoms with van der Waals surface area (Å²) in [7, 11) is 0. The molecule has 0 aliphatic rings. The van der Waals surface area contributed by atoms with Crippen LogP contribution in [0.4, 0.5) is 0 Å². The van der Waals surface area contributed by atoms with Crippen LogP contribution in [0.25, 0.3) is 0 Å². The average molecular weight is 268 g/mol. The Balaban J connectivity index is 2.48. The highest BCUT2D eigenvalue weighted by molar-refractivity contribution is 7.10. The van der Waals surface area contributed by atoms with Crippen molar-refractivity contribution >= 4 is 17.2 Å². The summed E-state index contributed by atoms with van der Waals surface area (Å²) in [4.78, 5) is 13.2. The molecule has 4 heteroatoms. The van der Waals surface area contributed by atoms with Crippen LogP contribution < -0.4 is 11.1 Å². The first-order valence-corrected chi connectivity index (χ1v) is 7.15. The molecule has 1 rings (SSSR count). The van der Waals surface area contributed by atoms with Crippen molar-refractivity contribution in [2.24, 2.45) is 11.1 Å². The first-order valence-electron chi connectivity index (χ1n) is 6.28. The number of carbonyl (C=O) groups is 1. The molecule has 0 spiro atoms. The Labute approximate surface area is 114 Å². The molecule has 0 unspecified atom stereocenters. The number of rotatable bonds is 6. The van der Waals surface area contributed by atoms with E-state index in [0.717, 1.165) is 0 Å². The predicted molar refractivity (Wildman–Crippen MR) is 77.8 cm³/mol. The van der Waals surface area contributed by atoms with Gasteiger partial charge in [0.1, 0.15) is 0 Å². The molecule has 1 amide bonds. The summed E-state index contributed by atoms with van der Waals surface area (Å²) >= 11 is 1.73. The molecule has 0 aliphatic heterocycles. The molecule has 3 nitrogen and oxygen atoms in total. The molecule has 0 aromatic carbocycles. The molecule has 0 aliphatic carbocycles. The quantitative estimate of drug-likeness (QED) is 0.833. The molecule has 18 heavy (non-hydrogen) atoms. The lowest BCUT2D eigenvalue weighted by Gasteiger charge is -2.26. The smallest absolute Gasteiger partial charge is 0.220 e. The summed E-state index contributed by atoms with van der Waals surface area (Å²) in [6.45, 7) is 9.50. The van der Waals surface area contributed by atoms with Gasteiger partial charge in [-0.15, -0.1) is 11.3 Å². The van der Waals surface area contributed by atoms with Crippen LogP contribution in [0.1, 0.15) is 39.0 Å². The Morgan fingerprint density at radius 3 is 2.56 bits per heavy atom. The number of nitrogens with two attached hydrogens (primary N) is 1. The van der Waals surface area contributed by atoms with Crippen LogP contribution in [0.2, 0.25) is 0 Å². The number of hydrogen-bond donors (Lipinski definition) is 2. The van der Waals surface area contributed by atoms with Crippen LogP contribution in [0.15, 0.2) is 17.5 Å². The van der Waals surface area contributed by atoms with Crippen LogP contribution in [-0.2, 0) is 10.2 Å². The lowest BCUT2D eigenvalue weighted by Crippen LogP contribution is -2.39. The Morgan fingerprint density at radius 1 is 1.39 bits per heavy atom. The Kier molecular flexibility index (Phi) is 4.93. The van der Waals surface area contributed by atoms with Crippen LogP contribution in [0.3, 0.4) is 0 Å². The second-order valence-corrected chi connectivity index (χ2v) is 7.13. The Morgan fingerprint density at radius 2 is 2.06 bits per heavy atom. The van der Waals surface area contributed by atoms with Gasteiger partial charge >= 0.3 is 0 Å². The summed E-state index contributed by atoms with van der Waals surface area (Å²) < 4.78 is 0. The molecule has 0 radical (unpaired) electrons. The highest BCUT2D eigenvalue weighted by Crippen LogP contribution is 2.26. The monoisotopic (exact) mass is 268 g/mol. The standard InChI is InChI=1S/C14H24N2OS/c1-13(2,9-15)8-12(17)16-10-14(3,4)11-6-5-7-18-11/h5-7H,8-10,15H2,1-4H3,(H,16,17). The van der Waals surface area contributed by atoms with Gasteiger partial charge in [-0.05, 0) is 23.4 Å². The molecule has 0 atom stereocenters. The normalized spacial score (nSPS) is 12.5. The van der Waals surface area contributed by atoms with Gasteiger partial charge in [-0.3, -0.25) is 4.79 Å². The van der Waals surface area contributed by atoms with Crippen molar-refractivity contribution in [3.05, 3.63) is 22.4 Å². The van der Waals surface area contributed by atoms with E-state index in [9.17, 15) is 4.79 Å². The van der Waals surface area contributed by atoms with E-state index in [0.29, 0.717) is 19.5 Å². The summed E-state index contributed by atoms with van der Waals surface area (Å²) in [5, 5.41) is 5.08. The minimum Gasteiger partial charge on any atom is -0.355 e. The van der Waals surface area contributed by atoms with Crippen molar-refractivity contribution in [3.8, 4) is 0 Å². The number of carbonyl (C=O) groups excluding carboxylic acids is 1. The van der Waals surface area contributed by atoms with Gasteiger partial charge in [-0.1, -0.05) is 33.8 Å². The molecule has 3 N–H and O–H groups in total. The van der Waals surface area contributed by atoms with Crippen LogP contribution in [0, 0.1) is 5.41 Å². The highest BCUT2D eigenvalue weighted by atomic mass is 32.1. The van der Waals surface area contributed by atoms with Crippen molar-refractivity contribution in [2.75, 3.05) is 13.1 Å². The van der Waals surface area contributed by atoms with Gasteiger partial charge in [-0.25, -0.2) is 0 Å². The molecular weight excluding hydrogens is 244 g/mol. The average Bonchev–Trinajstić information content (AvgIpc) is 2.80. The maximum atomic E-state index is 11.9. The van der Waals surface area contributed by atoms with E-state index in [1.807, 2.05) is 19.9 Å². The van der Waals surface area contributed by atoms with Crippen molar-refractivity contribution in [1.29, 1.82) is 0 Å². The lowest BCUT2D eigenvalue weighted by molar-refractivity contribution is -0.123. The SMILES string of the molecule is CC(C)(CN)CC(=O)NCC(C)(C)c1cccs1. The zero-order chi connectivity index (χ0) is 13.8. The minimum absolute atomic E-state index is 0.0172. The molecule has 0 bridgehead atoms. The maximum Gasteiger partial charge on any atom is 0.220 e. The molecule has 0 fully saturated rings. The lowest BCUT2D eigenvalue weighted by atomic mass is 9.88. The van der Waals surface area contributed by atoms with Crippen LogP contribution >= 0.6 is 11.3 Å². The van der Waals surface area contributed by atoms with Gasteiger partial charge in [0.25, 0.3) is 0 Å². The van der Waals surface area contributed by atoms with Gasteiger partial charge in [0, 0.05) is 23.3 Å². The Bertz CT molecular complexity index is 383. The fraction of sp³-hybridized carbons (Fsp3) is 0.643. The maximum absolute atomic E-state index is 11.9. The van der Waals surface area contributed by atoms with Crippen LogP contribution in [-0.4, -0.2) is 19.0 Å². The molecule has 0 saturated carbocycles. The fourth-order valence-electron chi connectivity index (χ4n) is 1.64. The van der Waals surface area contributed by atoms with E-state index in [1.165, 1.54) is 4.88 Å². The highest BCUT2D eigenvalue weighted by Gasteiger charge is 2.24. The molecule has 0 saturated heterocycles. The van der Waals surface area contributed by atoms with E-state index in [4.69, 9.17) is 5.73 Å². The third-order valence-electron chi connectivity index (χ3n) is 3.11. The van der Waals surface area contributed by atoms with E-state index in [2.05, 4.69) is 30.6 Å². The fourth-order valence-corrected chi connectivity index (χ4v) is 2.49. The van der Waals surface area contributed by atoms with E-state index >= 15 is 0 Å². The summed E-state index contributed by atoms with van der Waals surface area (Å²) in [6.07, 6.45) is 0.476. The molecule has 1 aromatic heterocycles. The number of amides is 1. The number of nitrogens with one attached hydrogen (secondary N) is 1. The van der Waals surface area contributed by atoms with Gasteiger partial charge in [-0.2, -0.15) is 0 Å². The van der Waals surface area contributed by atoms with Crippen LogP contribution in [0.5, 0.6) is 0 Å². The summed E-state index contributed by atoms with van der Waals surface area (Å²) in [5.74, 6) is 0.0788. The topological polar surface area (TPSA) is 55.1 Å². The summed E-state index contributed by atoms with van der Waals surface area (Å²) in [5.41, 5.74) is 5.49. The van der Waals surface area contributed by atoms with Gasteiger partial charge in [0.05, 0.1) is 0 Å². The summed E-state index contributed by atoms with van der Waals surface area (Å²) in [6, 6.07) is 4.15. The zero-order valence-corrected chi connectivity index (χ0v) is 12.6. The number of thiophene rings is 1. The molecule has 1 heterocycles. The van der Waals surface area contributed by atoms with Gasteiger partial charge in [0.15, 0.2) is 0 Å². The van der Waals surface area contributed by atoms with E-state index in [-0.39, 0.29) is 16.7 Å². The third-order valence-corrected chi connectivity index (χ3v) is 4.34. The molecular formula is C14H24N2OS. The minimum atomic E-state index is -0.128. The first kappa shape index (κ1) is 15.2. The second-order valence-electron chi connectivity index (χ2n) is 6.18. The van der Waals surface area contributed by atoms with E-state index < -0.39 is 0 Å². The largest absolute Gasteiger partial charge is 0.355 e. The van der Waals surface area contributed by atoms with Crippen molar-refractivity contribution in [2.45, 2.75) is 39.5 Å².